The zero-order valence-corrected chi connectivity index (χ0v) is 13.2. The fourth-order valence-electron chi connectivity index (χ4n) is 0.0544. The van der Waals surface area contributed by atoms with Crippen LogP contribution in [0.2, 0.25) is 0 Å². The summed E-state index contributed by atoms with van der Waals surface area (Å²) in [6.07, 6.45) is 0. The fourth-order valence-corrected chi connectivity index (χ4v) is 0.490. The summed E-state index contributed by atoms with van der Waals surface area (Å²) in [7, 11) is -6.47. The zero-order valence-electron chi connectivity index (χ0n) is 5.18. The fraction of sp³-hybridized carbons (Fsp3) is 1.00. The normalized spacial score (nSPS) is 10.2. The average Bonchev–Trinajstić information content (AvgIpc) is 1.62. The largest absolute Gasteiger partial charge is 2.00 e. The van der Waals surface area contributed by atoms with Gasteiger partial charge in [0.1, 0.15) is 10.4 Å². The van der Waals surface area contributed by atoms with Crippen molar-refractivity contribution in [1.29, 1.82) is 0 Å². The third-order valence-electron chi connectivity index (χ3n) is 0.133. The van der Waals surface area contributed by atoms with Gasteiger partial charge in [0, 0.05) is 0 Å². The first-order chi connectivity index (χ1) is 4.54. The molecule has 0 saturated carbocycles. The molecule has 0 rings (SSSR count). The van der Waals surface area contributed by atoms with E-state index in [1.165, 1.54) is 0 Å². The van der Waals surface area contributed by atoms with E-state index < -0.39 is 16.5 Å². The van der Waals surface area contributed by atoms with Gasteiger partial charge in [0.2, 0.25) is 0 Å². The molecule has 6 nitrogen and oxygen atoms in total. The van der Waals surface area contributed by atoms with Gasteiger partial charge >= 0.3 is 44.2 Å². The first-order valence-corrected chi connectivity index (χ1v) is 4.40. The molecule has 0 radical (unpaired) electrons. The molecule has 0 aliphatic rings. The van der Waals surface area contributed by atoms with E-state index in [9.17, 15) is 18.9 Å². The molecule has 0 bridgehead atoms. The number of aliphatic hydroxyl groups excluding tert-OH is 1. The number of halogens is 1. The molecule has 0 saturated heterocycles. The van der Waals surface area contributed by atoms with Gasteiger partial charge in [0.15, 0.2) is 0 Å². The van der Waals surface area contributed by atoms with Crippen LogP contribution in [0.25, 0.3) is 0 Å². The number of hydrogen-bond acceptors (Lipinski definition) is 6. The van der Waals surface area contributed by atoms with Crippen molar-refractivity contribution in [2.45, 2.75) is 0 Å². The van der Waals surface area contributed by atoms with Crippen LogP contribution in [0, 0.1) is 0 Å². The number of rotatable bonds is 2. The van der Waals surface area contributed by atoms with Crippen molar-refractivity contribution in [3.05, 3.63) is 0 Å². The summed E-state index contributed by atoms with van der Waals surface area (Å²) in [5.74, 6) is 0. The van der Waals surface area contributed by atoms with Gasteiger partial charge < -0.3 is 14.9 Å². The topological polar surface area (TPSA) is 110 Å². The quantitative estimate of drug-likeness (QED) is 0.364. The van der Waals surface area contributed by atoms with Gasteiger partial charge in [-0.3, -0.25) is 0 Å². The molecule has 0 aromatic heterocycles. The molecule has 10 heteroatoms. The van der Waals surface area contributed by atoms with Gasteiger partial charge in [0.05, 0.1) is 0 Å². The Labute approximate surface area is 89.9 Å². The molecular formula is CH3ClHgO6P2+2. The van der Waals surface area contributed by atoms with E-state index in [-0.39, 0.29) is 33.7 Å². The molecule has 0 spiro atoms. The molecule has 0 heterocycles. The van der Waals surface area contributed by atoms with Crippen LogP contribution in [0.15, 0.2) is 0 Å². The Morgan fingerprint density at radius 3 is 1.55 bits per heavy atom. The van der Waals surface area contributed by atoms with Crippen molar-refractivity contribution >= 4 is 28.1 Å². The summed E-state index contributed by atoms with van der Waals surface area (Å²) >= 11 is 4.55. The van der Waals surface area contributed by atoms with Gasteiger partial charge in [-0.1, -0.05) is 11.6 Å². The van der Waals surface area contributed by atoms with Gasteiger partial charge in [-0.05, 0) is 9.13 Å². The second-order valence-corrected chi connectivity index (χ2v) is 2.44. The van der Waals surface area contributed by atoms with E-state index in [2.05, 4.69) is 15.9 Å². The van der Waals surface area contributed by atoms with Crippen molar-refractivity contribution in [3.63, 3.8) is 0 Å². The van der Waals surface area contributed by atoms with E-state index >= 15 is 0 Å². The minimum Gasteiger partial charge on any atom is -0.563 e. The summed E-state index contributed by atoms with van der Waals surface area (Å²) in [5.41, 5.74) is 0. The molecule has 60 valence electrons. The van der Waals surface area contributed by atoms with Crippen molar-refractivity contribution < 1.29 is 56.0 Å². The third kappa shape index (κ3) is 34.9. The predicted molar refractivity (Wildman–Crippen MR) is 29.2 cm³/mol. The standard InChI is InChI=1S/CH3ClO.Hg.O5P2/c2-1-3;;1-6(2)5-7(3)4/h3H,1H2;;/q;+2;. The zero-order chi connectivity index (χ0) is 8.57. The van der Waals surface area contributed by atoms with Gasteiger partial charge in [-0.15, -0.1) is 0 Å². The van der Waals surface area contributed by atoms with E-state index in [1.807, 2.05) is 0 Å². The first kappa shape index (κ1) is 18.1. The van der Waals surface area contributed by atoms with Crippen LogP contribution in [-0.2, 0) is 41.1 Å². The van der Waals surface area contributed by atoms with Crippen LogP contribution in [-0.4, -0.2) is 11.2 Å². The Morgan fingerprint density at radius 2 is 1.55 bits per heavy atom. The summed E-state index contributed by atoms with van der Waals surface area (Å²) in [6.45, 7) is 0. The Kier molecular flexibility index (Phi) is 22.8. The maximum Gasteiger partial charge on any atom is 2.00 e. The molecule has 0 aliphatic carbocycles. The van der Waals surface area contributed by atoms with Crippen LogP contribution in [0.4, 0.5) is 0 Å². The average molecular weight is 409 g/mol. The van der Waals surface area contributed by atoms with Gasteiger partial charge in [-0.2, -0.15) is 0 Å². The molecule has 0 aromatic rings. The first-order valence-electron chi connectivity index (χ1n) is 1.68. The third-order valence-corrected chi connectivity index (χ3v) is 1.20. The molecule has 0 fully saturated rings. The maximum atomic E-state index is 9.24. The van der Waals surface area contributed by atoms with Crippen molar-refractivity contribution in [2.24, 2.45) is 0 Å². The molecule has 0 amide bonds. The van der Waals surface area contributed by atoms with Crippen LogP contribution in [0.5, 0.6) is 0 Å². The van der Waals surface area contributed by atoms with E-state index in [4.69, 9.17) is 5.11 Å². The predicted octanol–water partition coefficient (Wildman–Crippen LogP) is -0.789. The second-order valence-electron chi connectivity index (χ2n) is 0.648. The molecule has 1 N–H and O–H groups in total. The Bertz CT molecular complexity index is 107. The van der Waals surface area contributed by atoms with E-state index in [0.29, 0.717) is 0 Å². The number of hydrogen-bond donors (Lipinski definition) is 1. The Morgan fingerprint density at radius 1 is 1.36 bits per heavy atom. The van der Waals surface area contributed by atoms with Crippen LogP contribution in [0.1, 0.15) is 0 Å². The molecule has 0 aliphatic heterocycles. The van der Waals surface area contributed by atoms with Gasteiger partial charge in [0.25, 0.3) is 0 Å². The number of alkyl halides is 1. The Balaban J connectivity index is -0.000000140. The molecule has 11 heavy (non-hydrogen) atoms. The summed E-state index contributed by atoms with van der Waals surface area (Å²) < 4.78 is 21.6. The summed E-state index contributed by atoms with van der Waals surface area (Å²) in [6, 6.07) is -0.278. The van der Waals surface area contributed by atoms with Crippen LogP contribution < -0.4 is 9.79 Å². The minimum absolute atomic E-state index is 0. The van der Waals surface area contributed by atoms with E-state index in [0.717, 1.165) is 0 Å². The number of aliphatic hydroxyl groups is 1. The smallest absolute Gasteiger partial charge is 0.563 e. The van der Waals surface area contributed by atoms with Crippen molar-refractivity contribution in [3.8, 4) is 0 Å². The SMILES string of the molecule is O=[P+]([O-])O[P+](=O)[O-].OCCl.[Hg+2]. The molecular weight excluding hydrogens is 406 g/mol. The van der Waals surface area contributed by atoms with E-state index in [1.54, 1.807) is 0 Å². The molecule has 0 aromatic carbocycles. The Hall–Kier alpha value is 1.27. The van der Waals surface area contributed by atoms with Crippen LogP contribution >= 0.6 is 28.1 Å². The maximum absolute atomic E-state index is 9.24. The van der Waals surface area contributed by atoms with Gasteiger partial charge in [-0.25, -0.2) is 0 Å². The van der Waals surface area contributed by atoms with Crippen molar-refractivity contribution in [2.75, 3.05) is 6.07 Å². The molecule has 2 atom stereocenters. The summed E-state index contributed by atoms with van der Waals surface area (Å²) in [5, 5.41) is 7.33. The second kappa shape index (κ2) is 13.8. The molecule has 2 unspecified atom stereocenters. The monoisotopic (exact) mass is 410 g/mol. The van der Waals surface area contributed by atoms with Crippen molar-refractivity contribution in [1.82, 2.24) is 0 Å². The van der Waals surface area contributed by atoms with Crippen LogP contribution in [0.3, 0.4) is 0 Å². The minimum atomic E-state index is -3.24. The summed E-state index contributed by atoms with van der Waals surface area (Å²) in [4.78, 5) is 18.5.